The van der Waals surface area contributed by atoms with Gasteiger partial charge < -0.3 is 9.16 Å². The molecule has 1 aromatic rings. The largest absolute Gasteiger partial charge is 0.506 e. The van der Waals surface area contributed by atoms with Crippen LogP contribution in [0.1, 0.15) is 5.56 Å². The summed E-state index contributed by atoms with van der Waals surface area (Å²) < 4.78 is 9.27. The van der Waals surface area contributed by atoms with Crippen molar-refractivity contribution >= 4 is 12.2 Å². The molecular formula is C9H9NO4. The summed E-state index contributed by atoms with van der Waals surface area (Å²) >= 11 is 0. The van der Waals surface area contributed by atoms with Crippen molar-refractivity contribution in [1.82, 2.24) is 0 Å². The van der Waals surface area contributed by atoms with Gasteiger partial charge in [0, 0.05) is 17.7 Å². The minimum Gasteiger partial charge on any atom is -0.506 e. The van der Waals surface area contributed by atoms with Crippen LogP contribution in [0.4, 0.5) is 5.69 Å². The summed E-state index contributed by atoms with van der Waals surface area (Å²) in [7, 11) is 1.43. The number of benzene rings is 1. The maximum Gasteiger partial charge on any atom is 0.269 e. The summed E-state index contributed by atoms with van der Waals surface area (Å²) in [6.07, 6.45) is 0. The van der Waals surface area contributed by atoms with Crippen molar-refractivity contribution in [3.8, 4) is 0 Å². The molecule has 0 N–H and O–H groups in total. The second-order valence-electron chi connectivity index (χ2n) is 2.50. The lowest BCUT2D eigenvalue weighted by molar-refractivity contribution is -0.384. The van der Waals surface area contributed by atoms with Gasteiger partial charge in [0.1, 0.15) is 7.11 Å². The molecule has 0 radical (unpaired) electrons. The first-order chi connectivity index (χ1) is 6.74. The summed E-state index contributed by atoms with van der Waals surface area (Å²) in [5, 5.41) is 10.3. The Morgan fingerprint density at radius 2 is 2.14 bits per heavy atom. The van der Waals surface area contributed by atoms with Crippen molar-refractivity contribution in [3.05, 3.63) is 39.9 Å². The predicted molar refractivity (Wildman–Crippen MR) is 49.5 cm³/mol. The molecule has 0 aromatic heterocycles. The van der Waals surface area contributed by atoms with Gasteiger partial charge in [-0.15, -0.1) is 0 Å². The third kappa shape index (κ3) is 2.85. The summed E-state index contributed by atoms with van der Waals surface area (Å²) in [6, 6.07) is 6.09. The molecule has 14 heavy (non-hydrogen) atoms. The monoisotopic (exact) mass is 195 g/mol. The standard InChI is InChI=1S/C9H9NO4/c1-13-7-14-6-8-2-4-9(5-3-8)10(11)12/h2-5H,6H2,1H3. The topological polar surface area (TPSA) is 63.7 Å². The molecule has 5 heteroatoms. The molecular weight excluding hydrogens is 186 g/mol. The molecule has 0 saturated carbocycles. The van der Waals surface area contributed by atoms with Gasteiger partial charge in [0.2, 0.25) is 0 Å². The van der Waals surface area contributed by atoms with E-state index in [4.69, 9.17) is 4.74 Å². The molecule has 0 atom stereocenters. The molecule has 0 spiro atoms. The molecule has 0 fully saturated rings. The normalized spacial score (nSPS) is 10.4. The summed E-state index contributed by atoms with van der Waals surface area (Å²) in [6.45, 7) is 2.48. The Morgan fingerprint density at radius 3 is 2.64 bits per heavy atom. The molecule has 0 heterocycles. The van der Waals surface area contributed by atoms with E-state index in [0.29, 0.717) is 0 Å². The fraction of sp³-hybridized carbons (Fsp3) is 0.222. The number of ether oxygens (including phenoxy) is 1. The number of hydrogen-bond acceptors (Lipinski definition) is 3. The van der Waals surface area contributed by atoms with Crippen LogP contribution in [-0.4, -0.2) is 18.5 Å². The maximum absolute atomic E-state index is 10.3. The lowest BCUT2D eigenvalue weighted by Gasteiger charge is -1.98. The molecule has 74 valence electrons. The van der Waals surface area contributed by atoms with E-state index in [1.165, 1.54) is 19.2 Å². The number of nitro benzene ring substituents is 1. The van der Waals surface area contributed by atoms with Crippen LogP contribution >= 0.6 is 0 Å². The van der Waals surface area contributed by atoms with E-state index in [1.807, 2.05) is 0 Å². The Balaban J connectivity index is 2.59. The van der Waals surface area contributed by atoms with E-state index in [-0.39, 0.29) is 12.3 Å². The molecule has 0 aliphatic rings. The minimum absolute atomic E-state index is 0.0634. The van der Waals surface area contributed by atoms with Crippen LogP contribution in [0.25, 0.3) is 0 Å². The first-order valence-corrected chi connectivity index (χ1v) is 3.87. The van der Waals surface area contributed by atoms with Crippen molar-refractivity contribution in [2.24, 2.45) is 0 Å². The second kappa shape index (κ2) is 4.96. The molecule has 1 aromatic carbocycles. The quantitative estimate of drug-likeness (QED) is 0.315. The number of non-ortho nitro benzene ring substituents is 1. The summed E-state index contributed by atoms with van der Waals surface area (Å²) in [5.41, 5.74) is 0.883. The van der Waals surface area contributed by atoms with Crippen LogP contribution < -0.4 is 0 Å². The van der Waals surface area contributed by atoms with Gasteiger partial charge in [0.15, 0.2) is 13.1 Å². The number of hydrogen-bond donors (Lipinski definition) is 0. The summed E-state index contributed by atoms with van der Waals surface area (Å²) in [4.78, 5) is 9.87. The van der Waals surface area contributed by atoms with E-state index in [1.54, 1.807) is 12.1 Å². The molecule has 0 saturated heterocycles. The van der Waals surface area contributed by atoms with E-state index >= 15 is 0 Å². The Morgan fingerprint density at radius 1 is 1.50 bits per heavy atom. The lowest BCUT2D eigenvalue weighted by atomic mass is 10.2. The highest BCUT2D eigenvalue weighted by Gasteiger charge is 2.03. The van der Waals surface area contributed by atoms with Gasteiger partial charge in [-0.25, -0.2) is 0 Å². The number of nitro groups is 1. The van der Waals surface area contributed by atoms with E-state index in [0.717, 1.165) is 5.56 Å². The van der Waals surface area contributed by atoms with Gasteiger partial charge in [-0.05, 0) is 12.1 Å². The smallest absolute Gasteiger partial charge is 0.269 e. The van der Waals surface area contributed by atoms with Crippen molar-refractivity contribution in [1.29, 1.82) is 0 Å². The fourth-order valence-corrected chi connectivity index (χ4v) is 0.886. The third-order valence-corrected chi connectivity index (χ3v) is 1.53. The van der Waals surface area contributed by atoms with Crippen LogP contribution in [-0.2, 0) is 15.8 Å². The number of carbonyl (C=O) groups excluding carboxylic acids is 1. The second-order valence-corrected chi connectivity index (χ2v) is 2.50. The Labute approximate surface area is 80.8 Å². The van der Waals surface area contributed by atoms with Crippen molar-refractivity contribution in [2.75, 3.05) is 7.11 Å². The highest BCUT2D eigenvalue weighted by molar-refractivity contribution is 5.40. The SMILES string of the molecule is C[O+]=[C-]OCc1ccc([N+](=O)[O-])cc1. The number of rotatable bonds is 4. The Kier molecular flexibility index (Phi) is 3.60. The van der Waals surface area contributed by atoms with Crippen molar-refractivity contribution < 1.29 is 14.1 Å². The zero-order chi connectivity index (χ0) is 10.4. The van der Waals surface area contributed by atoms with E-state index < -0.39 is 4.92 Å². The first kappa shape index (κ1) is 10.2. The molecule has 0 bridgehead atoms. The van der Waals surface area contributed by atoms with Crippen molar-refractivity contribution in [2.45, 2.75) is 6.61 Å². The fourth-order valence-electron chi connectivity index (χ4n) is 0.886. The highest BCUT2D eigenvalue weighted by atomic mass is 16.6. The van der Waals surface area contributed by atoms with E-state index in [2.05, 4.69) is 10.9 Å². The minimum atomic E-state index is -0.446. The molecule has 0 aliphatic heterocycles. The average Bonchev–Trinajstić information content (AvgIpc) is 2.19. The van der Waals surface area contributed by atoms with Crippen LogP contribution in [0, 0.1) is 10.1 Å². The van der Waals surface area contributed by atoms with Crippen LogP contribution in [0.15, 0.2) is 24.3 Å². The van der Waals surface area contributed by atoms with Crippen LogP contribution in [0.3, 0.4) is 0 Å². The molecule has 5 nitrogen and oxygen atoms in total. The molecule has 0 unspecified atom stereocenters. The van der Waals surface area contributed by atoms with Gasteiger partial charge in [-0.3, -0.25) is 10.1 Å². The predicted octanol–water partition coefficient (Wildman–Crippen LogP) is 1.34. The molecule has 0 aliphatic carbocycles. The zero-order valence-electron chi connectivity index (χ0n) is 7.60. The zero-order valence-corrected chi connectivity index (χ0v) is 7.60. The summed E-state index contributed by atoms with van der Waals surface area (Å²) in [5.74, 6) is 0. The average molecular weight is 195 g/mol. The van der Waals surface area contributed by atoms with Gasteiger partial charge in [-0.2, -0.15) is 0 Å². The molecule has 0 amide bonds. The van der Waals surface area contributed by atoms with Gasteiger partial charge in [0.05, 0.1) is 4.92 Å². The van der Waals surface area contributed by atoms with Gasteiger partial charge >= 0.3 is 0 Å². The Hall–Kier alpha value is -1.91. The highest BCUT2D eigenvalue weighted by Crippen LogP contribution is 2.12. The molecule has 1 rings (SSSR count). The lowest BCUT2D eigenvalue weighted by Crippen LogP contribution is -1.92. The van der Waals surface area contributed by atoms with Crippen LogP contribution in [0.2, 0.25) is 0 Å². The maximum atomic E-state index is 10.3. The van der Waals surface area contributed by atoms with Crippen LogP contribution in [0.5, 0.6) is 0 Å². The first-order valence-electron chi connectivity index (χ1n) is 3.87. The Bertz CT molecular complexity index is 331. The van der Waals surface area contributed by atoms with E-state index in [9.17, 15) is 10.1 Å². The van der Waals surface area contributed by atoms with Crippen molar-refractivity contribution in [3.63, 3.8) is 0 Å². The van der Waals surface area contributed by atoms with Gasteiger partial charge in [-0.1, -0.05) is 0 Å². The third-order valence-electron chi connectivity index (χ3n) is 1.53. The van der Waals surface area contributed by atoms with Gasteiger partial charge in [0.25, 0.3) is 5.69 Å². The number of nitrogens with zero attached hydrogens (tertiary/aromatic N) is 1.